The van der Waals surface area contributed by atoms with Crippen LogP contribution in [0.3, 0.4) is 0 Å². The van der Waals surface area contributed by atoms with Gasteiger partial charge in [0.15, 0.2) is 0 Å². The van der Waals surface area contributed by atoms with Crippen molar-refractivity contribution in [2.45, 2.75) is 25.9 Å². The third kappa shape index (κ3) is 5.84. The Morgan fingerprint density at radius 3 is 2.30 bits per heavy atom. The molecule has 2 aromatic carbocycles. The summed E-state index contributed by atoms with van der Waals surface area (Å²) >= 11 is 0. The normalized spacial score (nSPS) is 16.1. The van der Waals surface area contributed by atoms with Crippen LogP contribution in [0.4, 0.5) is 4.79 Å². The predicted molar refractivity (Wildman–Crippen MR) is 102 cm³/mol. The highest BCUT2D eigenvalue weighted by Gasteiger charge is 2.32. The van der Waals surface area contributed by atoms with Gasteiger partial charge >= 0.3 is 12.1 Å². The van der Waals surface area contributed by atoms with Crippen LogP contribution in [-0.4, -0.2) is 36.7 Å². The van der Waals surface area contributed by atoms with Gasteiger partial charge < -0.3 is 14.4 Å². The van der Waals surface area contributed by atoms with Crippen molar-refractivity contribution in [2.75, 3.05) is 19.7 Å². The van der Waals surface area contributed by atoms with Crippen molar-refractivity contribution >= 4 is 12.1 Å². The van der Waals surface area contributed by atoms with E-state index in [0.29, 0.717) is 26.1 Å². The van der Waals surface area contributed by atoms with Crippen LogP contribution in [0.5, 0.6) is 0 Å². The van der Waals surface area contributed by atoms with E-state index in [-0.39, 0.29) is 24.6 Å². The van der Waals surface area contributed by atoms with E-state index in [0.717, 1.165) is 18.4 Å². The van der Waals surface area contributed by atoms with Crippen molar-refractivity contribution in [3.63, 3.8) is 0 Å². The number of likely N-dealkylation sites (tertiary alicyclic amines) is 1. The molecule has 1 amide bonds. The highest BCUT2D eigenvalue weighted by molar-refractivity contribution is 5.75. The maximum absolute atomic E-state index is 12.2. The van der Waals surface area contributed by atoms with Crippen LogP contribution < -0.4 is 0 Å². The SMILES string of the molecule is O=C(OCCCc1ccccc1)C1CCN(C(=O)OCc2ccccc2)C1. The Bertz CT molecular complexity index is 732. The molecule has 0 aliphatic carbocycles. The quantitative estimate of drug-likeness (QED) is 0.551. The summed E-state index contributed by atoms with van der Waals surface area (Å²) in [7, 11) is 0. The second-order valence-corrected chi connectivity index (χ2v) is 6.73. The fourth-order valence-corrected chi connectivity index (χ4v) is 3.14. The van der Waals surface area contributed by atoms with E-state index in [1.165, 1.54) is 5.56 Å². The van der Waals surface area contributed by atoms with Crippen LogP contribution in [0.25, 0.3) is 0 Å². The van der Waals surface area contributed by atoms with Gasteiger partial charge in [0.2, 0.25) is 0 Å². The molecule has 1 aliphatic heterocycles. The number of aryl methyl sites for hydroxylation is 1. The van der Waals surface area contributed by atoms with E-state index >= 15 is 0 Å². The molecule has 1 atom stereocenters. The highest BCUT2D eigenvalue weighted by Crippen LogP contribution is 2.19. The smallest absolute Gasteiger partial charge is 0.410 e. The monoisotopic (exact) mass is 367 g/mol. The summed E-state index contributed by atoms with van der Waals surface area (Å²) in [5, 5.41) is 0. The van der Waals surface area contributed by atoms with Gasteiger partial charge in [-0.05, 0) is 30.4 Å². The summed E-state index contributed by atoms with van der Waals surface area (Å²) in [5.41, 5.74) is 2.18. The van der Waals surface area contributed by atoms with Gasteiger partial charge in [-0.2, -0.15) is 0 Å². The summed E-state index contributed by atoms with van der Waals surface area (Å²) in [6.45, 7) is 1.54. The molecule has 0 bridgehead atoms. The first kappa shape index (κ1) is 19.0. The van der Waals surface area contributed by atoms with Gasteiger partial charge in [-0.15, -0.1) is 0 Å². The van der Waals surface area contributed by atoms with Crippen molar-refractivity contribution in [1.29, 1.82) is 0 Å². The Morgan fingerprint density at radius 2 is 1.59 bits per heavy atom. The third-order valence-corrected chi connectivity index (χ3v) is 4.68. The molecule has 1 unspecified atom stereocenters. The molecule has 1 fully saturated rings. The first-order chi connectivity index (χ1) is 13.2. The molecular weight excluding hydrogens is 342 g/mol. The second-order valence-electron chi connectivity index (χ2n) is 6.73. The molecule has 1 heterocycles. The summed E-state index contributed by atoms with van der Waals surface area (Å²) in [6.07, 6.45) is 1.93. The molecule has 0 spiro atoms. The molecule has 2 aromatic rings. The fraction of sp³-hybridized carbons (Fsp3) is 0.364. The molecule has 1 saturated heterocycles. The van der Waals surface area contributed by atoms with Gasteiger partial charge in [-0.25, -0.2) is 4.79 Å². The maximum atomic E-state index is 12.2. The molecule has 0 N–H and O–H groups in total. The van der Waals surface area contributed by atoms with E-state index in [1.54, 1.807) is 4.90 Å². The number of esters is 1. The van der Waals surface area contributed by atoms with Crippen LogP contribution in [0.2, 0.25) is 0 Å². The minimum Gasteiger partial charge on any atom is -0.465 e. The Labute approximate surface area is 159 Å². The van der Waals surface area contributed by atoms with Crippen LogP contribution in [0.1, 0.15) is 24.0 Å². The lowest BCUT2D eigenvalue weighted by Crippen LogP contribution is -2.31. The number of carbonyl (C=O) groups is 2. The lowest BCUT2D eigenvalue weighted by Gasteiger charge is -2.16. The second kappa shape index (κ2) is 9.76. The Balaban J connectivity index is 1.34. The van der Waals surface area contributed by atoms with Gasteiger partial charge in [0.05, 0.1) is 12.5 Å². The van der Waals surface area contributed by atoms with Gasteiger partial charge in [0.25, 0.3) is 0 Å². The first-order valence-corrected chi connectivity index (χ1v) is 9.38. The zero-order valence-corrected chi connectivity index (χ0v) is 15.4. The number of amides is 1. The average molecular weight is 367 g/mol. The molecule has 0 aromatic heterocycles. The van der Waals surface area contributed by atoms with Gasteiger partial charge in [0, 0.05) is 13.1 Å². The van der Waals surface area contributed by atoms with E-state index in [4.69, 9.17) is 9.47 Å². The summed E-state index contributed by atoms with van der Waals surface area (Å²) < 4.78 is 10.7. The zero-order valence-electron chi connectivity index (χ0n) is 15.4. The molecule has 0 saturated carbocycles. The zero-order chi connectivity index (χ0) is 18.9. The fourth-order valence-electron chi connectivity index (χ4n) is 3.14. The Kier molecular flexibility index (Phi) is 6.85. The lowest BCUT2D eigenvalue weighted by molar-refractivity contribution is -0.148. The van der Waals surface area contributed by atoms with Crippen LogP contribution in [0, 0.1) is 5.92 Å². The summed E-state index contributed by atoms with van der Waals surface area (Å²) in [5.74, 6) is -0.479. The van der Waals surface area contributed by atoms with E-state index in [2.05, 4.69) is 12.1 Å². The van der Waals surface area contributed by atoms with Crippen molar-refractivity contribution in [2.24, 2.45) is 5.92 Å². The molecule has 1 aliphatic rings. The number of benzene rings is 2. The first-order valence-electron chi connectivity index (χ1n) is 9.38. The van der Waals surface area contributed by atoms with Crippen molar-refractivity contribution in [3.05, 3.63) is 71.8 Å². The third-order valence-electron chi connectivity index (χ3n) is 4.68. The summed E-state index contributed by atoms with van der Waals surface area (Å²) in [4.78, 5) is 25.9. The summed E-state index contributed by atoms with van der Waals surface area (Å²) in [6, 6.07) is 19.7. The topological polar surface area (TPSA) is 55.8 Å². The van der Waals surface area contributed by atoms with Crippen LogP contribution in [-0.2, 0) is 27.3 Å². The minimum absolute atomic E-state index is 0.221. The minimum atomic E-state index is -0.377. The van der Waals surface area contributed by atoms with Gasteiger partial charge in [0.1, 0.15) is 6.61 Å². The van der Waals surface area contributed by atoms with Gasteiger partial charge in [-0.3, -0.25) is 4.79 Å². The molecule has 3 rings (SSSR count). The number of rotatable bonds is 7. The van der Waals surface area contributed by atoms with Crippen molar-refractivity contribution in [1.82, 2.24) is 4.90 Å². The lowest BCUT2D eigenvalue weighted by atomic mass is 10.1. The van der Waals surface area contributed by atoms with Crippen LogP contribution >= 0.6 is 0 Å². The Hall–Kier alpha value is -2.82. The predicted octanol–water partition coefficient (Wildman–Crippen LogP) is 3.82. The maximum Gasteiger partial charge on any atom is 0.410 e. The molecule has 5 nitrogen and oxygen atoms in total. The van der Waals surface area contributed by atoms with Gasteiger partial charge in [-0.1, -0.05) is 60.7 Å². The molecular formula is C22H25NO4. The van der Waals surface area contributed by atoms with Crippen molar-refractivity contribution in [3.8, 4) is 0 Å². The number of hydrogen-bond acceptors (Lipinski definition) is 4. The van der Waals surface area contributed by atoms with Crippen LogP contribution in [0.15, 0.2) is 60.7 Å². The number of ether oxygens (including phenoxy) is 2. The van der Waals surface area contributed by atoms with E-state index in [1.807, 2.05) is 48.5 Å². The molecule has 142 valence electrons. The van der Waals surface area contributed by atoms with E-state index in [9.17, 15) is 9.59 Å². The standard InChI is InChI=1S/C22H25NO4/c24-21(26-15-7-12-18-8-3-1-4-9-18)20-13-14-23(16-20)22(25)27-17-19-10-5-2-6-11-19/h1-6,8-11,20H,7,12-17H2. The molecule has 0 radical (unpaired) electrons. The number of hydrogen-bond donors (Lipinski definition) is 0. The number of nitrogens with zero attached hydrogens (tertiary/aromatic N) is 1. The average Bonchev–Trinajstić information content (AvgIpc) is 3.21. The van der Waals surface area contributed by atoms with Crippen molar-refractivity contribution < 1.29 is 19.1 Å². The molecule has 27 heavy (non-hydrogen) atoms. The Morgan fingerprint density at radius 1 is 0.926 bits per heavy atom. The van der Waals surface area contributed by atoms with E-state index < -0.39 is 0 Å². The largest absolute Gasteiger partial charge is 0.465 e. The number of carbonyl (C=O) groups excluding carboxylic acids is 2. The molecule has 5 heteroatoms. The highest BCUT2D eigenvalue weighted by atomic mass is 16.6.